The third-order valence-electron chi connectivity index (χ3n) is 4.19. The van der Waals surface area contributed by atoms with Gasteiger partial charge in [-0.25, -0.2) is 0 Å². The first kappa shape index (κ1) is 13.1. The Bertz CT molecular complexity index is 513. The maximum Gasteiger partial charge on any atom is 0.249 e. The van der Waals surface area contributed by atoms with Crippen LogP contribution in [-0.4, -0.2) is 49.4 Å². The number of nitrogens with one attached hydrogen (secondary N) is 1. The molecule has 2 aliphatic rings. The monoisotopic (exact) mass is 273 g/mol. The highest BCUT2D eigenvalue weighted by Gasteiger charge is 2.39. The van der Waals surface area contributed by atoms with Crippen molar-refractivity contribution in [2.24, 2.45) is 5.92 Å². The molecule has 3 rings (SSSR count). The lowest BCUT2D eigenvalue weighted by atomic mass is 10.0. The van der Waals surface area contributed by atoms with Gasteiger partial charge in [-0.2, -0.15) is 0 Å². The normalized spacial score (nSPS) is 22.8. The molecule has 1 unspecified atom stereocenters. The van der Waals surface area contributed by atoms with Crippen molar-refractivity contribution in [3.05, 3.63) is 30.3 Å². The van der Waals surface area contributed by atoms with Crippen molar-refractivity contribution in [2.45, 2.75) is 12.5 Å². The van der Waals surface area contributed by atoms with Gasteiger partial charge in [0.15, 0.2) is 0 Å². The van der Waals surface area contributed by atoms with E-state index in [0.717, 1.165) is 18.8 Å². The lowest BCUT2D eigenvalue weighted by Gasteiger charge is -2.32. The molecule has 2 saturated heterocycles. The molecule has 1 N–H and O–H groups in total. The first-order valence-electron chi connectivity index (χ1n) is 7.02. The van der Waals surface area contributed by atoms with Crippen molar-refractivity contribution >= 4 is 17.5 Å². The van der Waals surface area contributed by atoms with Gasteiger partial charge in [-0.05, 0) is 18.6 Å². The zero-order valence-electron chi connectivity index (χ0n) is 11.6. The Balaban J connectivity index is 1.70. The number of benzene rings is 1. The number of likely N-dealkylation sites (N-methyl/N-ethyl adjacent to an activating group) is 1. The fourth-order valence-corrected chi connectivity index (χ4v) is 2.79. The summed E-state index contributed by atoms with van der Waals surface area (Å²) >= 11 is 0. The highest BCUT2D eigenvalue weighted by atomic mass is 16.2. The molecule has 2 fully saturated rings. The van der Waals surface area contributed by atoms with Gasteiger partial charge in [0.2, 0.25) is 11.8 Å². The topological polar surface area (TPSA) is 52.7 Å². The SMILES string of the molecule is CN(C(=O)C1CNC1)C1CCN(c2ccccc2)C1=O. The molecule has 0 aromatic heterocycles. The molecule has 2 amide bonds. The molecule has 0 aliphatic carbocycles. The molecule has 0 saturated carbocycles. The molecule has 2 heterocycles. The Hall–Kier alpha value is -1.88. The molecule has 1 aromatic carbocycles. The van der Waals surface area contributed by atoms with Gasteiger partial charge in [-0.1, -0.05) is 18.2 Å². The summed E-state index contributed by atoms with van der Waals surface area (Å²) in [7, 11) is 1.75. The molecule has 0 radical (unpaired) electrons. The number of hydrogen-bond acceptors (Lipinski definition) is 3. The number of hydrogen-bond donors (Lipinski definition) is 1. The lowest BCUT2D eigenvalue weighted by Crippen LogP contribution is -2.54. The van der Waals surface area contributed by atoms with Crippen LogP contribution in [0.4, 0.5) is 5.69 Å². The van der Waals surface area contributed by atoms with E-state index in [9.17, 15) is 9.59 Å². The third-order valence-corrected chi connectivity index (χ3v) is 4.19. The maximum atomic E-state index is 12.5. The summed E-state index contributed by atoms with van der Waals surface area (Å²) < 4.78 is 0. The second-order valence-corrected chi connectivity index (χ2v) is 5.43. The van der Waals surface area contributed by atoms with Crippen LogP contribution in [0.5, 0.6) is 0 Å². The molecule has 0 spiro atoms. The van der Waals surface area contributed by atoms with E-state index in [4.69, 9.17) is 0 Å². The Labute approximate surface area is 118 Å². The van der Waals surface area contributed by atoms with E-state index in [1.165, 1.54) is 0 Å². The van der Waals surface area contributed by atoms with Gasteiger partial charge in [-0.15, -0.1) is 0 Å². The number of amides is 2. The average molecular weight is 273 g/mol. The van der Waals surface area contributed by atoms with Crippen molar-refractivity contribution in [2.75, 3.05) is 31.6 Å². The second kappa shape index (κ2) is 5.25. The van der Waals surface area contributed by atoms with Crippen molar-refractivity contribution in [3.63, 3.8) is 0 Å². The van der Waals surface area contributed by atoms with Crippen molar-refractivity contribution < 1.29 is 9.59 Å². The number of nitrogens with zero attached hydrogens (tertiary/aromatic N) is 2. The summed E-state index contributed by atoms with van der Waals surface area (Å²) in [5.74, 6) is 0.148. The summed E-state index contributed by atoms with van der Waals surface area (Å²) in [5.41, 5.74) is 0.908. The van der Waals surface area contributed by atoms with E-state index in [2.05, 4.69) is 5.32 Å². The van der Waals surface area contributed by atoms with Crippen molar-refractivity contribution in [3.8, 4) is 0 Å². The molecule has 5 nitrogen and oxygen atoms in total. The van der Waals surface area contributed by atoms with Gasteiger partial charge in [0.1, 0.15) is 6.04 Å². The second-order valence-electron chi connectivity index (χ2n) is 5.43. The summed E-state index contributed by atoms with van der Waals surface area (Å²) in [4.78, 5) is 28.1. The highest BCUT2D eigenvalue weighted by Crippen LogP contribution is 2.24. The number of anilines is 1. The van der Waals surface area contributed by atoms with Gasteiger partial charge in [-0.3, -0.25) is 9.59 Å². The van der Waals surface area contributed by atoms with Crippen LogP contribution in [0.3, 0.4) is 0 Å². The van der Waals surface area contributed by atoms with E-state index < -0.39 is 0 Å². The number of para-hydroxylation sites is 1. The molecule has 106 valence electrons. The van der Waals surface area contributed by atoms with Crippen LogP contribution in [0.15, 0.2) is 30.3 Å². The van der Waals surface area contributed by atoms with Crippen molar-refractivity contribution in [1.82, 2.24) is 10.2 Å². The van der Waals surface area contributed by atoms with E-state index in [1.54, 1.807) is 16.8 Å². The Morgan fingerprint density at radius 3 is 2.60 bits per heavy atom. The molecule has 20 heavy (non-hydrogen) atoms. The van der Waals surface area contributed by atoms with E-state index in [-0.39, 0.29) is 23.8 Å². The number of carbonyl (C=O) groups excluding carboxylic acids is 2. The highest BCUT2D eigenvalue weighted by molar-refractivity contribution is 6.01. The van der Waals surface area contributed by atoms with Gasteiger partial charge < -0.3 is 15.1 Å². The van der Waals surface area contributed by atoms with E-state index >= 15 is 0 Å². The predicted octanol–water partition coefficient (Wildman–Crippen LogP) is 0.470. The predicted molar refractivity (Wildman–Crippen MR) is 76.3 cm³/mol. The standard InChI is InChI=1S/C15H19N3O2/c1-17(14(19)11-9-16-10-11)13-7-8-18(15(13)20)12-5-3-2-4-6-12/h2-6,11,13,16H,7-10H2,1H3. The van der Waals surface area contributed by atoms with E-state index in [1.807, 2.05) is 30.3 Å². The quantitative estimate of drug-likeness (QED) is 0.871. The summed E-state index contributed by atoms with van der Waals surface area (Å²) in [6.07, 6.45) is 0.704. The Morgan fingerprint density at radius 2 is 2.00 bits per heavy atom. The van der Waals surface area contributed by atoms with Gasteiger partial charge in [0, 0.05) is 32.4 Å². The fraction of sp³-hybridized carbons (Fsp3) is 0.467. The zero-order chi connectivity index (χ0) is 14.1. The maximum absolute atomic E-state index is 12.5. The van der Waals surface area contributed by atoms with Crippen LogP contribution in [0.25, 0.3) is 0 Å². The lowest BCUT2D eigenvalue weighted by molar-refractivity contribution is -0.141. The molecule has 1 atom stereocenters. The van der Waals surface area contributed by atoms with Gasteiger partial charge >= 0.3 is 0 Å². The minimum absolute atomic E-state index is 0.0272. The van der Waals surface area contributed by atoms with Crippen LogP contribution in [0.2, 0.25) is 0 Å². The molecule has 0 bridgehead atoms. The van der Waals surface area contributed by atoms with Crippen molar-refractivity contribution in [1.29, 1.82) is 0 Å². The van der Waals surface area contributed by atoms with Crippen LogP contribution in [-0.2, 0) is 9.59 Å². The minimum atomic E-state index is -0.316. The van der Waals surface area contributed by atoms with Gasteiger partial charge in [0.25, 0.3) is 0 Å². The zero-order valence-corrected chi connectivity index (χ0v) is 11.6. The van der Waals surface area contributed by atoms with Crippen LogP contribution in [0, 0.1) is 5.92 Å². The third kappa shape index (κ3) is 2.18. The Kier molecular flexibility index (Phi) is 3.44. The summed E-state index contributed by atoms with van der Waals surface area (Å²) in [6.45, 7) is 2.13. The molecule has 5 heteroatoms. The smallest absolute Gasteiger partial charge is 0.249 e. The Morgan fingerprint density at radius 1 is 1.30 bits per heavy atom. The van der Waals surface area contributed by atoms with E-state index in [0.29, 0.717) is 13.0 Å². The summed E-state index contributed by atoms with van der Waals surface area (Å²) in [5, 5.41) is 3.09. The van der Waals surface area contributed by atoms with Gasteiger partial charge in [0.05, 0.1) is 5.92 Å². The largest absolute Gasteiger partial charge is 0.333 e. The number of rotatable bonds is 3. The van der Waals surface area contributed by atoms with Crippen LogP contribution >= 0.6 is 0 Å². The summed E-state index contributed by atoms with van der Waals surface area (Å²) in [6, 6.07) is 9.31. The first-order valence-corrected chi connectivity index (χ1v) is 7.02. The molecular formula is C15H19N3O2. The molecular weight excluding hydrogens is 254 g/mol. The average Bonchev–Trinajstić information content (AvgIpc) is 2.78. The first-order chi connectivity index (χ1) is 9.68. The molecule has 1 aromatic rings. The number of carbonyl (C=O) groups is 2. The molecule has 2 aliphatic heterocycles. The minimum Gasteiger partial charge on any atom is -0.333 e. The van der Waals surface area contributed by atoms with Crippen LogP contribution in [0.1, 0.15) is 6.42 Å². The van der Waals surface area contributed by atoms with Crippen LogP contribution < -0.4 is 10.2 Å². The fourth-order valence-electron chi connectivity index (χ4n) is 2.79.